The van der Waals surface area contributed by atoms with Crippen molar-refractivity contribution >= 4 is 40.9 Å². The molecule has 0 aliphatic carbocycles. The first-order chi connectivity index (χ1) is 8.37. The summed E-state index contributed by atoms with van der Waals surface area (Å²) in [6.45, 7) is 17.2. The summed E-state index contributed by atoms with van der Waals surface area (Å²) in [4.78, 5) is 30.0. The second-order valence-electron chi connectivity index (χ2n) is 7.74. The maximum Gasteiger partial charge on any atom is 0.760 e. The molecule has 0 aromatic heterocycles. The highest BCUT2D eigenvalue weighted by molar-refractivity contribution is 7.93. The molecular formula is C9H30O6PSi4+. The molecule has 0 rings (SSSR count). The zero-order chi connectivity index (χ0) is 16.6. The largest absolute Gasteiger partial charge is 0.760 e. The molecule has 20 heavy (non-hydrogen) atoms. The monoisotopic (exact) mass is 377 g/mol. The molecule has 0 saturated carbocycles. The lowest BCUT2D eigenvalue weighted by molar-refractivity contribution is 0.238. The Kier molecular flexibility index (Phi) is 6.61. The van der Waals surface area contributed by atoms with Gasteiger partial charge >= 0.3 is 16.0 Å². The lowest BCUT2D eigenvalue weighted by Gasteiger charge is -2.38. The van der Waals surface area contributed by atoms with E-state index < -0.39 is 40.9 Å². The summed E-state index contributed by atoms with van der Waals surface area (Å²) in [6.07, 6.45) is 0. The van der Waals surface area contributed by atoms with Crippen molar-refractivity contribution in [3.63, 3.8) is 0 Å². The van der Waals surface area contributed by atoms with Gasteiger partial charge in [0.1, 0.15) is 0 Å². The molecule has 0 aromatic rings. The third kappa shape index (κ3) is 7.89. The Balaban J connectivity index is 5.78. The van der Waals surface area contributed by atoms with Crippen molar-refractivity contribution in [1.29, 1.82) is 0 Å². The first-order valence-corrected chi connectivity index (χ1v) is 21.0. The van der Waals surface area contributed by atoms with E-state index in [2.05, 4.69) is 0 Å². The van der Waals surface area contributed by atoms with Crippen LogP contribution in [0.1, 0.15) is 0 Å². The van der Waals surface area contributed by atoms with Crippen molar-refractivity contribution in [2.75, 3.05) is 0 Å². The van der Waals surface area contributed by atoms with Gasteiger partial charge < -0.3 is 12.3 Å². The molecule has 0 amide bonds. The summed E-state index contributed by atoms with van der Waals surface area (Å²) >= 11 is 0. The van der Waals surface area contributed by atoms with Crippen molar-refractivity contribution in [2.45, 2.75) is 58.9 Å². The first-order valence-electron chi connectivity index (χ1n) is 6.55. The van der Waals surface area contributed by atoms with Crippen molar-refractivity contribution in [2.24, 2.45) is 0 Å². The van der Waals surface area contributed by atoms with E-state index in [1.165, 1.54) is 0 Å². The zero-order valence-electron chi connectivity index (χ0n) is 14.0. The Morgan fingerprint density at radius 2 is 0.750 bits per heavy atom. The van der Waals surface area contributed by atoms with Crippen LogP contribution in [0.5, 0.6) is 0 Å². The molecule has 0 aromatic carbocycles. The highest BCUT2D eigenvalue weighted by Gasteiger charge is 2.76. The van der Waals surface area contributed by atoms with Crippen LogP contribution in [0.15, 0.2) is 0 Å². The summed E-state index contributed by atoms with van der Waals surface area (Å²) in [7, 11) is -14.9. The van der Waals surface area contributed by atoms with E-state index in [0.717, 1.165) is 0 Å². The Bertz CT molecular complexity index is 286. The van der Waals surface area contributed by atoms with Crippen molar-refractivity contribution in [3.05, 3.63) is 0 Å². The summed E-state index contributed by atoms with van der Waals surface area (Å²) in [6, 6.07) is 0. The van der Waals surface area contributed by atoms with E-state index in [9.17, 15) is 14.7 Å². The summed E-state index contributed by atoms with van der Waals surface area (Å²) in [5.74, 6) is 0. The van der Waals surface area contributed by atoms with Gasteiger partial charge in [0.2, 0.25) is 0 Å². The second kappa shape index (κ2) is 6.28. The van der Waals surface area contributed by atoms with Crippen LogP contribution in [0, 0.1) is 0 Å². The van der Waals surface area contributed by atoms with Crippen LogP contribution in [0.4, 0.5) is 0 Å². The highest BCUT2D eigenvalue weighted by Crippen LogP contribution is 2.58. The van der Waals surface area contributed by atoms with Crippen LogP contribution in [0.25, 0.3) is 0 Å². The number of hydrogen-bond acceptors (Lipinski definition) is 6. The molecule has 0 atom stereocenters. The van der Waals surface area contributed by atoms with E-state index in [1.807, 2.05) is 58.9 Å². The normalized spacial score (nSPS) is 15.6. The van der Waals surface area contributed by atoms with Crippen LogP contribution < -0.4 is 0 Å². The smallest absolute Gasteiger partial charge is 0.382 e. The zero-order valence-corrected chi connectivity index (χ0v) is 18.9. The standard InChI is InChI=1S/C9H30O6PSi4/c1-17(2,3)13-20(16(10,11)12,14-18(4,5)6)15-19(7,8)9/h10-12H,1-9H3/q+1. The van der Waals surface area contributed by atoms with Crippen LogP contribution in [0.2, 0.25) is 58.9 Å². The van der Waals surface area contributed by atoms with Crippen LogP contribution >= 0.6 is 7.49 Å². The van der Waals surface area contributed by atoms with Crippen LogP contribution in [-0.2, 0) is 12.3 Å². The summed E-state index contributed by atoms with van der Waals surface area (Å²) < 4.78 is 17.8. The fourth-order valence-corrected chi connectivity index (χ4v) is 24.5. The van der Waals surface area contributed by atoms with Crippen molar-refractivity contribution < 1.29 is 27.0 Å². The van der Waals surface area contributed by atoms with Gasteiger partial charge in [0.25, 0.3) is 0 Å². The Labute approximate surface area is 127 Å². The Hall–Kier alpha value is 1.06. The van der Waals surface area contributed by atoms with Crippen LogP contribution in [-0.4, -0.2) is 48.1 Å². The van der Waals surface area contributed by atoms with E-state index >= 15 is 0 Å². The summed E-state index contributed by atoms with van der Waals surface area (Å²) in [5.41, 5.74) is 0. The van der Waals surface area contributed by atoms with Gasteiger partial charge in [0, 0.05) is 0 Å². The SMILES string of the molecule is C[Si](C)(C)O[Si](O[Si](C)(C)C)(O[Si](C)(C)C)[P+](O)(O)O. The molecule has 0 unspecified atom stereocenters. The molecular weight excluding hydrogens is 347 g/mol. The van der Waals surface area contributed by atoms with E-state index in [1.54, 1.807) is 0 Å². The molecule has 3 N–H and O–H groups in total. The minimum absolute atomic E-state index is 1.91. The molecule has 0 saturated heterocycles. The minimum Gasteiger partial charge on any atom is -0.382 e. The van der Waals surface area contributed by atoms with Gasteiger partial charge in [0.15, 0.2) is 25.0 Å². The molecule has 0 bridgehead atoms. The minimum atomic E-state index is -4.37. The molecule has 11 heteroatoms. The van der Waals surface area contributed by atoms with E-state index in [4.69, 9.17) is 12.3 Å². The first kappa shape index (κ1) is 21.1. The molecule has 0 aliphatic rings. The maximum atomic E-state index is 9.99. The van der Waals surface area contributed by atoms with Gasteiger partial charge in [-0.15, -0.1) is 0 Å². The quantitative estimate of drug-likeness (QED) is 0.467. The second-order valence-corrected chi connectivity index (χ2v) is 28.5. The maximum absolute atomic E-state index is 9.99. The topological polar surface area (TPSA) is 88.4 Å². The van der Waals surface area contributed by atoms with Gasteiger partial charge in [-0.1, -0.05) is 0 Å². The van der Waals surface area contributed by atoms with E-state index in [-0.39, 0.29) is 0 Å². The fraction of sp³-hybridized carbons (Fsp3) is 1.00. The molecule has 6 nitrogen and oxygen atoms in total. The van der Waals surface area contributed by atoms with Gasteiger partial charge in [-0.3, -0.25) is 0 Å². The third-order valence-electron chi connectivity index (χ3n) is 1.67. The van der Waals surface area contributed by atoms with Gasteiger partial charge in [-0.2, -0.15) is 14.7 Å². The van der Waals surface area contributed by atoms with Crippen molar-refractivity contribution in [3.8, 4) is 0 Å². The predicted octanol–water partition coefficient (Wildman–Crippen LogP) is 2.72. The Morgan fingerprint density at radius 3 is 0.850 bits per heavy atom. The molecule has 0 radical (unpaired) electrons. The lowest BCUT2D eigenvalue weighted by atomic mass is 11.8. The van der Waals surface area contributed by atoms with Crippen LogP contribution in [0.3, 0.4) is 0 Å². The van der Waals surface area contributed by atoms with Gasteiger partial charge in [0.05, 0.1) is 0 Å². The average Bonchev–Trinajstić information content (AvgIpc) is 1.88. The fourth-order valence-electron chi connectivity index (χ4n) is 1.41. The molecule has 122 valence electrons. The lowest BCUT2D eigenvalue weighted by Crippen LogP contribution is -2.61. The van der Waals surface area contributed by atoms with E-state index in [0.29, 0.717) is 0 Å². The molecule has 0 fully saturated rings. The predicted molar refractivity (Wildman–Crippen MR) is 92.6 cm³/mol. The van der Waals surface area contributed by atoms with Gasteiger partial charge in [-0.05, 0) is 58.9 Å². The summed E-state index contributed by atoms with van der Waals surface area (Å²) in [5, 5.41) is 0. The molecule has 0 aliphatic heterocycles. The molecule has 0 spiro atoms. The average molecular weight is 378 g/mol. The number of hydrogen-bond donors (Lipinski definition) is 3. The third-order valence-corrected chi connectivity index (χ3v) is 17.5. The van der Waals surface area contributed by atoms with Gasteiger partial charge in [-0.25, -0.2) is 0 Å². The number of rotatable bonds is 7. The molecule has 0 heterocycles. The Morgan fingerprint density at radius 1 is 0.550 bits per heavy atom. The van der Waals surface area contributed by atoms with Crippen molar-refractivity contribution in [1.82, 2.24) is 0 Å². The highest BCUT2D eigenvalue weighted by atomic mass is 31.5.